The number of benzene rings is 1. The molecule has 2 aromatic rings. The van der Waals surface area contributed by atoms with Crippen molar-refractivity contribution in [3.05, 3.63) is 66.6 Å². The number of hydrogen-bond donors (Lipinski definition) is 2. The number of pyridine rings is 1. The minimum atomic E-state index is -0.346. The highest BCUT2D eigenvalue weighted by atomic mass is 19.1. The predicted octanol–water partition coefficient (Wildman–Crippen LogP) is 2.86. The summed E-state index contributed by atoms with van der Waals surface area (Å²) in [5.41, 5.74) is 0.971. The molecule has 1 aromatic carbocycles. The normalized spacial score (nSPS) is 11.0. The Morgan fingerprint density at radius 1 is 1.35 bits per heavy atom. The maximum Gasteiger partial charge on any atom is 0.219 e. The minimum Gasteiger partial charge on any atom is -0.439 e. The van der Waals surface area contributed by atoms with E-state index in [-0.39, 0.29) is 5.82 Å². The van der Waals surface area contributed by atoms with E-state index in [9.17, 15) is 4.39 Å². The number of hydrogen-bond acceptors (Lipinski definition) is 3. The van der Waals surface area contributed by atoms with Crippen molar-refractivity contribution in [3.63, 3.8) is 0 Å². The Kier molecular flexibility index (Phi) is 6.11. The zero-order valence-electron chi connectivity index (χ0n) is 12.9. The van der Waals surface area contributed by atoms with Crippen LogP contribution >= 0.6 is 0 Å². The second-order valence-corrected chi connectivity index (χ2v) is 4.66. The molecule has 0 saturated carbocycles. The molecule has 0 aliphatic heterocycles. The summed E-state index contributed by atoms with van der Waals surface area (Å²) in [6.07, 6.45) is 3.45. The Balaban J connectivity index is 1.90. The van der Waals surface area contributed by atoms with Crippen LogP contribution in [0.15, 0.2) is 60.2 Å². The predicted molar refractivity (Wildman–Crippen MR) is 89.1 cm³/mol. The Hall–Kier alpha value is -2.89. The number of guanidine groups is 1. The lowest BCUT2D eigenvalue weighted by molar-refractivity contribution is 0.457. The van der Waals surface area contributed by atoms with E-state index >= 15 is 0 Å². The first-order chi connectivity index (χ1) is 11.2. The van der Waals surface area contributed by atoms with Crippen LogP contribution in [0.25, 0.3) is 0 Å². The number of rotatable bonds is 6. The lowest BCUT2D eigenvalue weighted by Crippen LogP contribution is -2.36. The van der Waals surface area contributed by atoms with Crippen molar-refractivity contribution in [3.8, 4) is 11.6 Å². The van der Waals surface area contributed by atoms with Crippen molar-refractivity contribution >= 4 is 5.96 Å². The van der Waals surface area contributed by atoms with Crippen LogP contribution < -0.4 is 15.4 Å². The van der Waals surface area contributed by atoms with Crippen LogP contribution in [0.2, 0.25) is 0 Å². The molecule has 5 nitrogen and oxygen atoms in total. The van der Waals surface area contributed by atoms with Crippen molar-refractivity contribution in [2.24, 2.45) is 4.99 Å². The highest BCUT2D eigenvalue weighted by molar-refractivity contribution is 5.79. The van der Waals surface area contributed by atoms with Crippen LogP contribution in [0.5, 0.6) is 11.6 Å². The Labute approximate surface area is 134 Å². The molecule has 0 aliphatic carbocycles. The lowest BCUT2D eigenvalue weighted by Gasteiger charge is -2.10. The summed E-state index contributed by atoms with van der Waals surface area (Å²) in [5, 5.41) is 6.24. The number of nitrogens with one attached hydrogen (secondary N) is 2. The van der Waals surface area contributed by atoms with Gasteiger partial charge in [0.2, 0.25) is 5.88 Å². The van der Waals surface area contributed by atoms with E-state index in [1.807, 2.05) is 6.07 Å². The zero-order valence-corrected chi connectivity index (χ0v) is 12.9. The topological polar surface area (TPSA) is 58.5 Å². The maximum absolute atomic E-state index is 13.1. The summed E-state index contributed by atoms with van der Waals surface area (Å²) in [4.78, 5) is 8.30. The molecular weight excluding hydrogens is 295 g/mol. The van der Waals surface area contributed by atoms with E-state index in [0.717, 1.165) is 5.56 Å². The summed E-state index contributed by atoms with van der Waals surface area (Å²) in [5.74, 6) is 1.16. The van der Waals surface area contributed by atoms with Crippen LogP contribution in [0.1, 0.15) is 5.56 Å². The van der Waals surface area contributed by atoms with Gasteiger partial charge in [0.15, 0.2) is 5.96 Å². The van der Waals surface area contributed by atoms with E-state index < -0.39 is 0 Å². The molecule has 0 spiro atoms. The monoisotopic (exact) mass is 314 g/mol. The van der Waals surface area contributed by atoms with Gasteiger partial charge in [-0.2, -0.15) is 0 Å². The molecule has 0 atom stereocenters. The molecule has 0 fully saturated rings. The first-order valence-electron chi connectivity index (χ1n) is 7.15. The quantitative estimate of drug-likeness (QED) is 0.489. The first kappa shape index (κ1) is 16.5. The number of nitrogens with zero attached hydrogens (tertiary/aromatic N) is 2. The molecule has 1 aromatic heterocycles. The van der Waals surface area contributed by atoms with E-state index in [0.29, 0.717) is 30.7 Å². The molecule has 0 radical (unpaired) electrons. The van der Waals surface area contributed by atoms with Gasteiger partial charge in [-0.3, -0.25) is 4.99 Å². The molecular formula is C17H19FN4O. The van der Waals surface area contributed by atoms with E-state index in [4.69, 9.17) is 4.74 Å². The first-order valence-corrected chi connectivity index (χ1v) is 7.15. The van der Waals surface area contributed by atoms with Crippen LogP contribution in [0.4, 0.5) is 4.39 Å². The molecule has 0 unspecified atom stereocenters. The van der Waals surface area contributed by atoms with Crippen LogP contribution in [0.3, 0.4) is 0 Å². The third-order valence-corrected chi connectivity index (χ3v) is 2.91. The van der Waals surface area contributed by atoms with Gasteiger partial charge in [-0.25, -0.2) is 9.37 Å². The average Bonchev–Trinajstić information content (AvgIpc) is 2.56. The zero-order chi connectivity index (χ0) is 16.5. The van der Waals surface area contributed by atoms with Gasteiger partial charge in [0.05, 0.1) is 0 Å². The van der Waals surface area contributed by atoms with Crippen molar-refractivity contribution in [1.29, 1.82) is 0 Å². The smallest absolute Gasteiger partial charge is 0.219 e. The van der Waals surface area contributed by atoms with Crippen LogP contribution in [-0.2, 0) is 6.54 Å². The van der Waals surface area contributed by atoms with E-state index in [1.165, 1.54) is 12.1 Å². The van der Waals surface area contributed by atoms with Crippen molar-refractivity contribution < 1.29 is 9.13 Å². The molecule has 120 valence electrons. The van der Waals surface area contributed by atoms with Gasteiger partial charge in [0.25, 0.3) is 0 Å². The third-order valence-electron chi connectivity index (χ3n) is 2.91. The standard InChI is InChI=1S/C17H19FN4O/c1-3-9-20-17(19-2)22-12-13-7-8-16(21-11-13)23-15-6-4-5-14(18)10-15/h3-8,10-11H,1,9,12H2,2H3,(H2,19,20,22). The largest absolute Gasteiger partial charge is 0.439 e. The van der Waals surface area contributed by atoms with Gasteiger partial charge < -0.3 is 15.4 Å². The number of aliphatic imine (C=N–C) groups is 1. The van der Waals surface area contributed by atoms with E-state index in [2.05, 4.69) is 27.2 Å². The number of halogens is 1. The summed E-state index contributed by atoms with van der Waals surface area (Å²) in [7, 11) is 1.70. The molecule has 6 heteroatoms. The second-order valence-electron chi connectivity index (χ2n) is 4.66. The highest BCUT2D eigenvalue weighted by Crippen LogP contribution is 2.19. The van der Waals surface area contributed by atoms with Crippen molar-refractivity contribution in [2.45, 2.75) is 6.54 Å². The molecule has 0 saturated heterocycles. The molecule has 0 amide bonds. The molecule has 2 rings (SSSR count). The summed E-state index contributed by atoms with van der Waals surface area (Å²) >= 11 is 0. The van der Waals surface area contributed by atoms with E-state index in [1.54, 1.807) is 37.5 Å². The summed E-state index contributed by atoms with van der Waals surface area (Å²) in [6, 6.07) is 9.56. The molecule has 23 heavy (non-hydrogen) atoms. The molecule has 0 bridgehead atoms. The number of ether oxygens (including phenoxy) is 1. The lowest BCUT2D eigenvalue weighted by atomic mass is 10.3. The SMILES string of the molecule is C=CCNC(=NC)NCc1ccc(Oc2cccc(F)c2)nc1. The van der Waals surface area contributed by atoms with Crippen molar-refractivity contribution in [1.82, 2.24) is 15.6 Å². The molecule has 2 N–H and O–H groups in total. The molecule has 0 aliphatic rings. The van der Waals surface area contributed by atoms with Crippen LogP contribution in [-0.4, -0.2) is 24.5 Å². The van der Waals surface area contributed by atoms with Gasteiger partial charge in [-0.1, -0.05) is 18.2 Å². The summed E-state index contributed by atoms with van der Waals surface area (Å²) in [6.45, 7) is 4.85. The van der Waals surface area contributed by atoms with Gasteiger partial charge >= 0.3 is 0 Å². The van der Waals surface area contributed by atoms with Crippen molar-refractivity contribution in [2.75, 3.05) is 13.6 Å². The fourth-order valence-electron chi connectivity index (χ4n) is 1.80. The Morgan fingerprint density at radius 3 is 2.87 bits per heavy atom. The average molecular weight is 314 g/mol. The Bertz CT molecular complexity index is 671. The van der Waals surface area contributed by atoms with Gasteiger partial charge in [-0.05, 0) is 17.7 Å². The maximum atomic E-state index is 13.1. The van der Waals surface area contributed by atoms with Gasteiger partial charge in [0, 0.05) is 38.5 Å². The highest BCUT2D eigenvalue weighted by Gasteiger charge is 2.02. The fraction of sp³-hybridized carbons (Fsp3) is 0.176. The van der Waals surface area contributed by atoms with Crippen LogP contribution in [0, 0.1) is 5.82 Å². The van der Waals surface area contributed by atoms with Gasteiger partial charge in [0.1, 0.15) is 11.6 Å². The number of aromatic nitrogens is 1. The second kappa shape index (κ2) is 8.53. The minimum absolute atomic E-state index is 0.346. The summed E-state index contributed by atoms with van der Waals surface area (Å²) < 4.78 is 18.6. The third kappa shape index (κ3) is 5.43. The van der Waals surface area contributed by atoms with Gasteiger partial charge in [-0.15, -0.1) is 6.58 Å². The molecule has 1 heterocycles. The fourth-order valence-corrected chi connectivity index (χ4v) is 1.80. The Morgan fingerprint density at radius 2 is 2.22 bits per heavy atom.